The summed E-state index contributed by atoms with van der Waals surface area (Å²) >= 11 is 0.880. The van der Waals surface area contributed by atoms with E-state index in [2.05, 4.69) is 5.32 Å². The molecule has 0 spiro atoms. The number of Topliss-reactive ketones (excluding diaryl/α,β-unsaturated/α-hetero) is 1. The van der Waals surface area contributed by atoms with Crippen molar-refractivity contribution in [1.82, 2.24) is 10.2 Å². The van der Waals surface area contributed by atoms with Gasteiger partial charge in [-0.15, -0.1) is 11.3 Å². The van der Waals surface area contributed by atoms with Crippen LogP contribution < -0.4 is 5.32 Å². The molecule has 0 aliphatic carbocycles. The number of amides is 2. The Bertz CT molecular complexity index is 1250. The summed E-state index contributed by atoms with van der Waals surface area (Å²) in [5.74, 6) is -3.32. The van der Waals surface area contributed by atoms with Crippen molar-refractivity contribution in [3.05, 3.63) is 98.2 Å². The number of thiophene rings is 1. The minimum atomic E-state index is -5.45. The molecule has 1 aliphatic heterocycles. The summed E-state index contributed by atoms with van der Waals surface area (Å²) in [7, 11) is 0. The first kappa shape index (κ1) is 24.4. The number of rotatable bonds is 6. The summed E-state index contributed by atoms with van der Waals surface area (Å²) in [6.45, 7) is -0.640. The molecule has 3 aromatic rings. The number of carbonyl (C=O) groups excluding carboxylic acids is 2. The predicted octanol–water partition coefficient (Wildman–Crippen LogP) is 4.67. The standard InChI is InChI=1S/C23H18F3N3O5S/c24-23(25,26)22(32)18(20(30)17-10-5-11-35-17)19(15-8-4-9-16(12-15)29(33)34)27-21(31)28(22)13-14-6-2-1-3-7-14/h1-12,18-19,32H,13H2,(H,27,31)/t18-,19-,22-/m1/s1. The summed E-state index contributed by atoms with van der Waals surface area (Å²) in [4.78, 5) is 37.1. The predicted molar refractivity (Wildman–Crippen MR) is 119 cm³/mol. The first-order valence-electron chi connectivity index (χ1n) is 10.3. The van der Waals surface area contributed by atoms with Crippen LogP contribution in [0.1, 0.15) is 26.8 Å². The Balaban J connectivity index is 1.90. The number of hydrogen-bond donors (Lipinski definition) is 2. The fraction of sp³-hybridized carbons (Fsp3) is 0.217. The van der Waals surface area contributed by atoms with Crippen LogP contribution in [0.25, 0.3) is 0 Å². The van der Waals surface area contributed by atoms with Crippen molar-refractivity contribution in [3.63, 3.8) is 0 Å². The lowest BCUT2D eigenvalue weighted by Gasteiger charge is -2.51. The number of non-ortho nitro benzene ring substituents is 1. The summed E-state index contributed by atoms with van der Waals surface area (Å²) in [5.41, 5.74) is -4.19. The summed E-state index contributed by atoms with van der Waals surface area (Å²) in [6.07, 6.45) is -5.45. The van der Waals surface area contributed by atoms with E-state index in [9.17, 15) is 38.0 Å². The highest BCUT2D eigenvalue weighted by molar-refractivity contribution is 7.12. The Morgan fingerprint density at radius 1 is 1.14 bits per heavy atom. The van der Waals surface area contributed by atoms with Gasteiger partial charge in [-0.05, 0) is 22.6 Å². The fourth-order valence-electron chi connectivity index (χ4n) is 4.15. The maximum absolute atomic E-state index is 14.7. The molecule has 35 heavy (non-hydrogen) atoms. The first-order chi connectivity index (χ1) is 16.5. The van der Waals surface area contributed by atoms with E-state index in [1.165, 1.54) is 41.8 Å². The van der Waals surface area contributed by atoms with Gasteiger partial charge in [0, 0.05) is 12.1 Å². The monoisotopic (exact) mass is 505 g/mol. The van der Waals surface area contributed by atoms with Gasteiger partial charge in [-0.25, -0.2) is 4.79 Å². The van der Waals surface area contributed by atoms with Crippen LogP contribution in [-0.4, -0.2) is 38.6 Å². The number of ketones is 1. The normalized spacial score (nSPS) is 22.5. The van der Waals surface area contributed by atoms with Gasteiger partial charge in [0.1, 0.15) is 5.92 Å². The Kier molecular flexibility index (Phi) is 6.34. The van der Waals surface area contributed by atoms with Crippen molar-refractivity contribution < 1.29 is 32.8 Å². The van der Waals surface area contributed by atoms with Gasteiger partial charge in [0.2, 0.25) is 0 Å². The highest BCUT2D eigenvalue weighted by Crippen LogP contribution is 2.49. The second kappa shape index (κ2) is 9.12. The van der Waals surface area contributed by atoms with E-state index in [4.69, 9.17) is 0 Å². The molecule has 2 heterocycles. The van der Waals surface area contributed by atoms with Crippen molar-refractivity contribution in [1.29, 1.82) is 0 Å². The topological polar surface area (TPSA) is 113 Å². The molecule has 2 N–H and O–H groups in total. The maximum Gasteiger partial charge on any atom is 0.437 e. The van der Waals surface area contributed by atoms with E-state index in [0.717, 1.165) is 23.5 Å². The summed E-state index contributed by atoms with van der Waals surface area (Å²) in [6, 6.07) is 12.1. The van der Waals surface area contributed by atoms with Gasteiger partial charge in [-0.3, -0.25) is 19.8 Å². The number of nitro benzene ring substituents is 1. The number of halogens is 3. The largest absolute Gasteiger partial charge is 0.437 e. The highest BCUT2D eigenvalue weighted by atomic mass is 32.1. The lowest BCUT2D eigenvalue weighted by Crippen LogP contribution is -2.73. The van der Waals surface area contributed by atoms with E-state index >= 15 is 0 Å². The zero-order valence-corrected chi connectivity index (χ0v) is 18.6. The number of alkyl halides is 3. The Labute approximate surface area is 200 Å². The molecule has 0 bridgehead atoms. The van der Waals surface area contributed by atoms with Crippen molar-refractivity contribution in [3.8, 4) is 0 Å². The van der Waals surface area contributed by atoms with Gasteiger partial charge in [0.25, 0.3) is 11.4 Å². The Morgan fingerprint density at radius 2 is 1.86 bits per heavy atom. The zero-order chi connectivity index (χ0) is 25.4. The Hall–Kier alpha value is -3.77. The Morgan fingerprint density at radius 3 is 2.46 bits per heavy atom. The molecule has 3 atom stereocenters. The lowest BCUT2D eigenvalue weighted by atomic mass is 9.77. The molecule has 4 rings (SSSR count). The maximum atomic E-state index is 14.7. The number of carbonyl (C=O) groups is 2. The molecule has 2 amide bonds. The van der Waals surface area contributed by atoms with Gasteiger partial charge < -0.3 is 10.4 Å². The van der Waals surface area contributed by atoms with E-state index < -0.39 is 52.8 Å². The minimum absolute atomic E-state index is 0.0658. The average molecular weight is 505 g/mol. The zero-order valence-electron chi connectivity index (χ0n) is 17.8. The molecule has 2 aromatic carbocycles. The second-order valence-electron chi connectivity index (χ2n) is 7.89. The van der Waals surface area contributed by atoms with Crippen LogP contribution in [-0.2, 0) is 6.54 Å². The van der Waals surface area contributed by atoms with Crippen molar-refractivity contribution in [2.45, 2.75) is 24.5 Å². The molecular formula is C23H18F3N3O5S. The molecule has 0 unspecified atom stereocenters. The number of hydrogen-bond acceptors (Lipinski definition) is 6. The molecule has 0 saturated carbocycles. The van der Waals surface area contributed by atoms with Crippen LogP contribution in [0.15, 0.2) is 72.1 Å². The van der Waals surface area contributed by atoms with Crippen LogP contribution >= 0.6 is 11.3 Å². The number of nitrogens with one attached hydrogen (secondary N) is 1. The van der Waals surface area contributed by atoms with Gasteiger partial charge in [0.15, 0.2) is 5.78 Å². The number of nitrogens with zero attached hydrogens (tertiary/aromatic N) is 2. The summed E-state index contributed by atoms with van der Waals surface area (Å²) < 4.78 is 44.0. The van der Waals surface area contributed by atoms with E-state index in [1.54, 1.807) is 18.2 Å². The first-order valence-corrected chi connectivity index (χ1v) is 11.1. The minimum Gasteiger partial charge on any atom is -0.363 e. The van der Waals surface area contributed by atoms with Crippen molar-refractivity contribution >= 4 is 28.8 Å². The van der Waals surface area contributed by atoms with E-state index in [1.807, 2.05) is 0 Å². The average Bonchev–Trinajstić information content (AvgIpc) is 3.36. The molecule has 1 saturated heterocycles. The molecule has 1 aromatic heterocycles. The number of nitro groups is 1. The van der Waals surface area contributed by atoms with Crippen LogP contribution in [0, 0.1) is 16.0 Å². The molecule has 1 aliphatic rings. The lowest BCUT2D eigenvalue weighted by molar-refractivity contribution is -0.385. The van der Waals surface area contributed by atoms with Crippen LogP contribution in [0.2, 0.25) is 0 Å². The third kappa shape index (κ3) is 4.37. The van der Waals surface area contributed by atoms with Gasteiger partial charge >= 0.3 is 12.2 Å². The van der Waals surface area contributed by atoms with Gasteiger partial charge in [-0.2, -0.15) is 13.2 Å². The van der Waals surface area contributed by atoms with Crippen molar-refractivity contribution in [2.75, 3.05) is 0 Å². The van der Waals surface area contributed by atoms with Crippen LogP contribution in [0.5, 0.6) is 0 Å². The summed E-state index contributed by atoms with van der Waals surface area (Å²) in [5, 5.41) is 26.5. The SMILES string of the molecule is O=C(c1cccs1)[C@H]1[C@@H](c2cccc([N+](=O)[O-])c2)NC(=O)N(Cc2ccccc2)[C@]1(O)C(F)(F)F. The van der Waals surface area contributed by atoms with E-state index in [-0.39, 0.29) is 15.3 Å². The van der Waals surface area contributed by atoms with Gasteiger partial charge in [0.05, 0.1) is 22.4 Å². The van der Waals surface area contributed by atoms with E-state index in [0.29, 0.717) is 5.56 Å². The smallest absolute Gasteiger partial charge is 0.363 e. The molecule has 12 heteroatoms. The quantitative estimate of drug-likeness (QED) is 0.287. The number of aliphatic hydroxyl groups is 1. The third-order valence-electron chi connectivity index (χ3n) is 5.79. The number of urea groups is 1. The molecular weight excluding hydrogens is 487 g/mol. The second-order valence-corrected chi connectivity index (χ2v) is 8.84. The number of benzene rings is 2. The highest BCUT2D eigenvalue weighted by Gasteiger charge is 2.70. The molecule has 182 valence electrons. The van der Waals surface area contributed by atoms with Crippen LogP contribution in [0.4, 0.5) is 23.7 Å². The van der Waals surface area contributed by atoms with Crippen LogP contribution in [0.3, 0.4) is 0 Å². The third-order valence-corrected chi connectivity index (χ3v) is 6.67. The molecule has 1 fully saturated rings. The molecule has 8 nitrogen and oxygen atoms in total. The fourth-order valence-corrected chi connectivity index (χ4v) is 4.85. The van der Waals surface area contributed by atoms with Crippen molar-refractivity contribution in [2.24, 2.45) is 5.92 Å². The van der Waals surface area contributed by atoms with Gasteiger partial charge in [-0.1, -0.05) is 48.5 Å². The molecule has 0 radical (unpaired) electrons.